The molecule has 1 radical (unpaired) electrons. The largest absolute Gasteiger partial charge is 0.304 e. The Morgan fingerprint density at radius 1 is 1.38 bits per heavy atom. The number of hydrogen-bond acceptors (Lipinski definition) is 1. The van der Waals surface area contributed by atoms with Gasteiger partial charge in [-0.05, 0) is 0 Å². The van der Waals surface area contributed by atoms with Crippen LogP contribution < -0.4 is 0 Å². The quantitative estimate of drug-likeness (QED) is 0.480. The Morgan fingerprint density at radius 2 is 2.00 bits per heavy atom. The summed E-state index contributed by atoms with van der Waals surface area (Å²) in [6.07, 6.45) is 7.13. The molecule has 0 unspecified atom stereocenters. The van der Waals surface area contributed by atoms with Gasteiger partial charge in [0.05, 0.1) is 0 Å². The molecule has 0 aromatic rings. The van der Waals surface area contributed by atoms with Crippen LogP contribution in [0.4, 0.5) is 0 Å². The second-order valence-corrected chi connectivity index (χ2v) is 2.50. The van der Waals surface area contributed by atoms with Gasteiger partial charge in [-0.2, -0.15) is 0 Å². The highest BCUT2D eigenvalue weighted by atomic mass is 16.1. The first-order chi connectivity index (χ1) is 3.93. The van der Waals surface area contributed by atoms with Crippen molar-refractivity contribution in [1.82, 2.24) is 0 Å². The van der Waals surface area contributed by atoms with Crippen LogP contribution in [0.5, 0.6) is 0 Å². The molecule has 0 saturated heterocycles. The predicted molar refractivity (Wildman–Crippen MR) is 35.1 cm³/mol. The Bertz CT molecular complexity index is 76.6. The summed E-state index contributed by atoms with van der Waals surface area (Å²) in [5.74, 6) is 0.687. The van der Waals surface area contributed by atoms with Gasteiger partial charge in [0.25, 0.3) is 0 Å². The van der Waals surface area contributed by atoms with Crippen molar-refractivity contribution in [3.05, 3.63) is 0 Å². The van der Waals surface area contributed by atoms with Gasteiger partial charge >= 0.3 is 0 Å². The first kappa shape index (κ1) is 5.86. The SMILES string of the molecule is O=[C]BC1CCCC1. The molecule has 1 nitrogen and oxygen atoms in total. The fraction of sp³-hybridized carbons (Fsp3) is 0.833. The van der Waals surface area contributed by atoms with Crippen molar-refractivity contribution in [2.45, 2.75) is 31.5 Å². The van der Waals surface area contributed by atoms with Crippen molar-refractivity contribution in [2.75, 3.05) is 0 Å². The molecule has 0 aromatic carbocycles. The topological polar surface area (TPSA) is 17.1 Å². The molecular weight excluding hydrogens is 98.9 g/mol. The standard InChI is InChI=1S/C6H10BO/c8-5-7-6-3-1-2-4-6/h6-7H,1-4H2. The summed E-state index contributed by atoms with van der Waals surface area (Å²) in [6.45, 7) is 0. The van der Waals surface area contributed by atoms with Gasteiger partial charge in [0.15, 0.2) is 0 Å². The molecule has 1 rings (SSSR count). The van der Waals surface area contributed by atoms with Crippen LogP contribution in [0.2, 0.25) is 5.82 Å². The average Bonchev–Trinajstić information content (AvgIpc) is 2.19. The highest BCUT2D eigenvalue weighted by molar-refractivity contribution is 6.68. The monoisotopic (exact) mass is 109 g/mol. The summed E-state index contributed by atoms with van der Waals surface area (Å²) in [6, 6.07) is 0. The molecule has 1 aliphatic rings. The molecule has 0 N–H and O–H groups in total. The van der Waals surface area contributed by atoms with E-state index in [1.54, 1.807) is 0 Å². The summed E-state index contributed by atoms with van der Waals surface area (Å²) >= 11 is 0. The van der Waals surface area contributed by atoms with E-state index in [1.165, 1.54) is 25.7 Å². The van der Waals surface area contributed by atoms with Gasteiger partial charge in [-0.3, -0.25) is 0 Å². The van der Waals surface area contributed by atoms with E-state index in [2.05, 4.69) is 0 Å². The maximum Gasteiger partial charge on any atom is 0.217 e. The lowest BCUT2D eigenvalue weighted by molar-refractivity contribution is 0.567. The van der Waals surface area contributed by atoms with Crippen LogP contribution in [0.3, 0.4) is 0 Å². The maximum absolute atomic E-state index is 9.84. The van der Waals surface area contributed by atoms with Gasteiger partial charge in [0, 0.05) is 0 Å². The molecule has 1 saturated carbocycles. The Morgan fingerprint density at radius 3 is 2.50 bits per heavy atom. The van der Waals surface area contributed by atoms with E-state index >= 15 is 0 Å². The molecule has 0 atom stereocenters. The zero-order valence-electron chi connectivity index (χ0n) is 5.02. The Balaban J connectivity index is 2.14. The lowest BCUT2D eigenvalue weighted by Crippen LogP contribution is -1.99. The highest BCUT2D eigenvalue weighted by Gasteiger charge is 2.15. The van der Waals surface area contributed by atoms with E-state index in [0.717, 1.165) is 0 Å². The van der Waals surface area contributed by atoms with Crippen LogP contribution in [0.15, 0.2) is 0 Å². The van der Waals surface area contributed by atoms with Crippen LogP contribution >= 0.6 is 0 Å². The van der Waals surface area contributed by atoms with Gasteiger partial charge in [0.2, 0.25) is 7.28 Å². The third kappa shape index (κ3) is 1.36. The van der Waals surface area contributed by atoms with Gasteiger partial charge in [-0.1, -0.05) is 31.5 Å². The van der Waals surface area contributed by atoms with Gasteiger partial charge in [0.1, 0.15) is 6.19 Å². The molecule has 2 heteroatoms. The summed E-state index contributed by atoms with van der Waals surface area (Å²) < 4.78 is 0. The zero-order valence-corrected chi connectivity index (χ0v) is 5.02. The van der Waals surface area contributed by atoms with E-state index in [1.807, 2.05) is 6.19 Å². The third-order valence-electron chi connectivity index (χ3n) is 1.85. The Labute approximate surface area is 50.7 Å². The molecule has 0 aromatic heterocycles. The number of hydrogen-bond donors (Lipinski definition) is 0. The van der Waals surface area contributed by atoms with E-state index < -0.39 is 0 Å². The smallest absolute Gasteiger partial charge is 0.217 e. The first-order valence-corrected chi connectivity index (χ1v) is 3.28. The Hall–Kier alpha value is -0.265. The highest BCUT2D eigenvalue weighted by Crippen LogP contribution is 2.28. The molecule has 43 valence electrons. The van der Waals surface area contributed by atoms with Crippen molar-refractivity contribution in [3.8, 4) is 0 Å². The number of rotatable bonds is 2. The van der Waals surface area contributed by atoms with E-state index in [9.17, 15) is 4.79 Å². The summed E-state index contributed by atoms with van der Waals surface area (Å²) in [5, 5.41) is 0. The van der Waals surface area contributed by atoms with Crippen LogP contribution in [0, 0.1) is 0 Å². The first-order valence-electron chi connectivity index (χ1n) is 3.28. The van der Waals surface area contributed by atoms with Crippen molar-refractivity contribution in [1.29, 1.82) is 0 Å². The fourth-order valence-electron chi connectivity index (χ4n) is 1.33. The van der Waals surface area contributed by atoms with Gasteiger partial charge in [-0.25, -0.2) is 0 Å². The Kier molecular flexibility index (Phi) is 2.13. The third-order valence-corrected chi connectivity index (χ3v) is 1.85. The average molecular weight is 109 g/mol. The minimum atomic E-state index is 0.681. The van der Waals surface area contributed by atoms with Crippen LogP contribution in [0.25, 0.3) is 0 Å². The maximum atomic E-state index is 9.84. The molecule has 0 aliphatic heterocycles. The minimum Gasteiger partial charge on any atom is -0.304 e. The summed E-state index contributed by atoms with van der Waals surface area (Å²) in [5.41, 5.74) is 0. The second kappa shape index (κ2) is 2.90. The van der Waals surface area contributed by atoms with Gasteiger partial charge < -0.3 is 4.79 Å². The van der Waals surface area contributed by atoms with E-state index in [-0.39, 0.29) is 0 Å². The lowest BCUT2D eigenvalue weighted by atomic mass is 9.65. The summed E-state index contributed by atoms with van der Waals surface area (Å²) in [7, 11) is 0.681. The van der Waals surface area contributed by atoms with Crippen molar-refractivity contribution in [2.24, 2.45) is 0 Å². The van der Waals surface area contributed by atoms with Gasteiger partial charge in [-0.15, -0.1) is 0 Å². The molecule has 0 amide bonds. The molecular formula is C6H10BO. The van der Waals surface area contributed by atoms with Crippen molar-refractivity contribution >= 4 is 13.5 Å². The zero-order chi connectivity index (χ0) is 5.82. The lowest BCUT2D eigenvalue weighted by Gasteiger charge is -1.96. The normalized spacial score (nSPS) is 21.0. The predicted octanol–water partition coefficient (Wildman–Crippen LogP) is 0.853. The summed E-state index contributed by atoms with van der Waals surface area (Å²) in [4.78, 5) is 9.84. The van der Waals surface area contributed by atoms with E-state index in [0.29, 0.717) is 13.1 Å². The molecule has 8 heavy (non-hydrogen) atoms. The number of carbonyl (C=O) groups excluding carboxylic acids is 1. The minimum absolute atomic E-state index is 0.681. The second-order valence-electron chi connectivity index (χ2n) is 2.50. The molecule has 0 spiro atoms. The van der Waals surface area contributed by atoms with Crippen LogP contribution in [-0.4, -0.2) is 13.5 Å². The van der Waals surface area contributed by atoms with Crippen LogP contribution in [-0.2, 0) is 4.79 Å². The van der Waals surface area contributed by atoms with Crippen molar-refractivity contribution in [3.63, 3.8) is 0 Å². The molecule has 0 heterocycles. The van der Waals surface area contributed by atoms with Crippen LogP contribution in [0.1, 0.15) is 25.7 Å². The fourth-order valence-corrected chi connectivity index (χ4v) is 1.33. The molecule has 1 aliphatic carbocycles. The van der Waals surface area contributed by atoms with E-state index in [4.69, 9.17) is 0 Å². The molecule has 1 fully saturated rings. The molecule has 0 bridgehead atoms. The van der Waals surface area contributed by atoms with Crippen molar-refractivity contribution < 1.29 is 4.79 Å².